The van der Waals surface area contributed by atoms with E-state index >= 15 is 0 Å². The van der Waals surface area contributed by atoms with Crippen LogP contribution in [0.3, 0.4) is 0 Å². The van der Waals surface area contributed by atoms with Gasteiger partial charge in [0, 0.05) is 6.07 Å². The van der Waals surface area contributed by atoms with E-state index in [9.17, 15) is 18.5 Å². The molecule has 0 aromatic carbocycles. The normalized spacial score (nSPS) is 28.9. The Labute approximate surface area is 124 Å². The molecule has 1 aromatic rings. The van der Waals surface area contributed by atoms with Crippen LogP contribution in [0, 0.1) is 10.1 Å². The lowest BCUT2D eigenvalue weighted by Crippen LogP contribution is -2.41. The summed E-state index contributed by atoms with van der Waals surface area (Å²) in [5.41, 5.74) is -0.388. The van der Waals surface area contributed by atoms with Gasteiger partial charge in [-0.25, -0.2) is 13.1 Å². The smallest absolute Gasteiger partial charge is 0.300 e. The summed E-state index contributed by atoms with van der Waals surface area (Å²) in [6, 6.07) is 0.724. The highest BCUT2D eigenvalue weighted by Crippen LogP contribution is 2.38. The summed E-state index contributed by atoms with van der Waals surface area (Å²) >= 11 is 6.37. The molecule has 0 aliphatic carbocycles. The van der Waals surface area contributed by atoms with Crippen molar-refractivity contribution in [2.24, 2.45) is 0 Å². The van der Waals surface area contributed by atoms with E-state index in [-0.39, 0.29) is 32.5 Å². The van der Waals surface area contributed by atoms with Gasteiger partial charge < -0.3 is 4.74 Å². The number of thiophene rings is 1. The number of nitro groups is 1. The number of sulfonamides is 1. The molecule has 1 N–H and O–H groups in total. The van der Waals surface area contributed by atoms with Crippen LogP contribution in [0.4, 0.5) is 5.69 Å². The fourth-order valence-corrected chi connectivity index (χ4v) is 5.57. The molecule has 3 atom stereocenters. The van der Waals surface area contributed by atoms with Crippen LogP contribution in [0.5, 0.6) is 0 Å². The lowest BCUT2D eigenvalue weighted by molar-refractivity contribution is -0.384. The molecule has 0 saturated carbocycles. The standard InChI is InChI=1S/C10H11ClN2O5S2/c11-10-7(13(14)15)4-9(19-10)20(16,17)12-6-3-5-1-2-8(6)18-5/h4-6,8,12H,1-3H2. The van der Waals surface area contributed by atoms with E-state index in [0.717, 1.165) is 18.9 Å². The van der Waals surface area contributed by atoms with Gasteiger partial charge in [-0.2, -0.15) is 0 Å². The van der Waals surface area contributed by atoms with E-state index in [2.05, 4.69) is 4.72 Å². The van der Waals surface area contributed by atoms with Crippen molar-refractivity contribution in [3.8, 4) is 0 Å². The van der Waals surface area contributed by atoms with Crippen LogP contribution in [-0.2, 0) is 14.8 Å². The SMILES string of the molecule is O=[N+]([O-])c1cc(S(=O)(=O)NC2CC3CCC2O3)sc1Cl. The van der Waals surface area contributed by atoms with Gasteiger partial charge in [0.2, 0.25) is 0 Å². The van der Waals surface area contributed by atoms with Gasteiger partial charge in [0.15, 0.2) is 4.34 Å². The topological polar surface area (TPSA) is 98.5 Å². The van der Waals surface area contributed by atoms with Crippen molar-refractivity contribution in [2.45, 2.75) is 41.7 Å². The van der Waals surface area contributed by atoms with Gasteiger partial charge >= 0.3 is 0 Å². The van der Waals surface area contributed by atoms with Gasteiger partial charge in [-0.3, -0.25) is 10.1 Å². The predicted molar refractivity (Wildman–Crippen MR) is 72.6 cm³/mol. The van der Waals surface area contributed by atoms with Crippen LogP contribution in [0.25, 0.3) is 0 Å². The fourth-order valence-electron chi connectivity index (χ4n) is 2.61. The molecule has 20 heavy (non-hydrogen) atoms. The zero-order chi connectivity index (χ0) is 14.5. The number of rotatable bonds is 4. The molecule has 2 bridgehead atoms. The first kappa shape index (κ1) is 14.2. The van der Waals surface area contributed by atoms with E-state index < -0.39 is 14.9 Å². The average Bonchev–Trinajstić information content (AvgIpc) is 3.02. The molecular weight excluding hydrogens is 328 g/mol. The molecule has 3 rings (SSSR count). The summed E-state index contributed by atoms with van der Waals surface area (Å²) in [4.78, 5) is 10.0. The summed E-state index contributed by atoms with van der Waals surface area (Å²) in [5, 5.41) is 10.7. The monoisotopic (exact) mass is 338 g/mol. The van der Waals surface area contributed by atoms with E-state index in [1.54, 1.807) is 0 Å². The maximum absolute atomic E-state index is 12.2. The summed E-state index contributed by atoms with van der Waals surface area (Å²) in [5.74, 6) is 0. The van der Waals surface area contributed by atoms with Crippen LogP contribution in [0.15, 0.2) is 10.3 Å². The largest absolute Gasteiger partial charge is 0.373 e. The Morgan fingerprint density at radius 1 is 1.50 bits per heavy atom. The van der Waals surface area contributed by atoms with Gasteiger partial charge in [0.1, 0.15) is 4.21 Å². The molecule has 2 aliphatic rings. The lowest BCUT2D eigenvalue weighted by atomic mass is 9.96. The second kappa shape index (κ2) is 4.92. The number of fused-ring (bicyclic) bond motifs is 2. The quantitative estimate of drug-likeness (QED) is 0.667. The molecule has 7 nitrogen and oxygen atoms in total. The molecular formula is C10H11ClN2O5S2. The molecule has 3 unspecified atom stereocenters. The number of halogens is 1. The molecule has 2 saturated heterocycles. The Balaban J connectivity index is 1.81. The third kappa shape index (κ3) is 2.44. The minimum atomic E-state index is -3.80. The Hall–Kier alpha value is -0.740. The number of hydrogen-bond acceptors (Lipinski definition) is 6. The zero-order valence-corrected chi connectivity index (χ0v) is 12.5. The molecule has 2 fully saturated rings. The third-order valence-corrected chi connectivity index (χ3v) is 6.82. The maximum Gasteiger partial charge on any atom is 0.300 e. The van der Waals surface area contributed by atoms with Crippen molar-refractivity contribution in [3.05, 3.63) is 20.5 Å². The van der Waals surface area contributed by atoms with E-state index in [1.807, 2.05) is 0 Å². The Morgan fingerprint density at radius 3 is 2.75 bits per heavy atom. The molecule has 0 radical (unpaired) electrons. The average molecular weight is 339 g/mol. The summed E-state index contributed by atoms with van der Waals surface area (Å²) < 4.78 is 32.3. The number of nitrogens with one attached hydrogen (secondary N) is 1. The van der Waals surface area contributed by atoms with Crippen molar-refractivity contribution < 1.29 is 18.1 Å². The highest BCUT2D eigenvalue weighted by molar-refractivity contribution is 7.91. The number of nitrogens with zero attached hydrogens (tertiary/aromatic N) is 1. The van der Waals surface area contributed by atoms with Crippen LogP contribution in [0.2, 0.25) is 4.34 Å². The van der Waals surface area contributed by atoms with E-state index in [1.165, 1.54) is 0 Å². The Bertz CT molecular complexity index is 659. The predicted octanol–water partition coefficient (Wildman–Crippen LogP) is 1.91. The van der Waals surface area contributed by atoms with Crippen LogP contribution in [0.1, 0.15) is 19.3 Å². The van der Waals surface area contributed by atoms with Crippen LogP contribution < -0.4 is 4.72 Å². The Kier molecular flexibility index (Phi) is 3.49. The third-order valence-electron chi connectivity index (χ3n) is 3.52. The first-order chi connectivity index (χ1) is 9.37. The second-order valence-electron chi connectivity index (χ2n) is 4.82. The minimum Gasteiger partial charge on any atom is -0.373 e. The van der Waals surface area contributed by atoms with Crippen LogP contribution in [-0.4, -0.2) is 31.6 Å². The van der Waals surface area contributed by atoms with Crippen molar-refractivity contribution in [2.75, 3.05) is 0 Å². The zero-order valence-electron chi connectivity index (χ0n) is 10.1. The maximum atomic E-state index is 12.2. The summed E-state index contributed by atoms with van der Waals surface area (Å²) in [7, 11) is -3.80. The van der Waals surface area contributed by atoms with E-state index in [0.29, 0.717) is 17.8 Å². The van der Waals surface area contributed by atoms with Gasteiger partial charge in [0.05, 0.1) is 23.2 Å². The highest BCUT2D eigenvalue weighted by atomic mass is 35.5. The van der Waals surface area contributed by atoms with E-state index in [4.69, 9.17) is 16.3 Å². The molecule has 2 aliphatic heterocycles. The summed E-state index contributed by atoms with van der Waals surface area (Å²) in [6.07, 6.45) is 2.46. The van der Waals surface area contributed by atoms with Gasteiger partial charge in [-0.05, 0) is 19.3 Å². The molecule has 1 aromatic heterocycles. The molecule has 110 valence electrons. The van der Waals surface area contributed by atoms with Crippen molar-refractivity contribution in [1.82, 2.24) is 4.72 Å². The van der Waals surface area contributed by atoms with Gasteiger partial charge in [0.25, 0.3) is 15.7 Å². The van der Waals surface area contributed by atoms with Crippen molar-refractivity contribution >= 4 is 38.6 Å². The number of hydrogen-bond donors (Lipinski definition) is 1. The number of ether oxygens (including phenoxy) is 1. The molecule has 3 heterocycles. The first-order valence-corrected chi connectivity index (χ1v) is 8.66. The summed E-state index contributed by atoms with van der Waals surface area (Å²) in [6.45, 7) is 0. The molecule has 0 spiro atoms. The molecule has 10 heteroatoms. The highest BCUT2D eigenvalue weighted by Gasteiger charge is 2.43. The molecule has 0 amide bonds. The fraction of sp³-hybridized carbons (Fsp3) is 0.600. The van der Waals surface area contributed by atoms with Crippen molar-refractivity contribution in [1.29, 1.82) is 0 Å². The van der Waals surface area contributed by atoms with Crippen LogP contribution >= 0.6 is 22.9 Å². The van der Waals surface area contributed by atoms with Gasteiger partial charge in [-0.15, -0.1) is 11.3 Å². The first-order valence-electron chi connectivity index (χ1n) is 5.98. The lowest BCUT2D eigenvalue weighted by Gasteiger charge is -2.19. The Morgan fingerprint density at radius 2 is 2.25 bits per heavy atom. The second-order valence-corrected chi connectivity index (χ2v) is 8.41. The van der Waals surface area contributed by atoms with Gasteiger partial charge in [-0.1, -0.05) is 11.6 Å². The minimum absolute atomic E-state index is 0.0970. The van der Waals surface area contributed by atoms with Crippen molar-refractivity contribution in [3.63, 3.8) is 0 Å².